The van der Waals surface area contributed by atoms with Crippen molar-refractivity contribution in [3.8, 4) is 0 Å². The molecule has 1 saturated heterocycles. The Balaban J connectivity index is 2.38. The largest absolute Gasteiger partial charge is 0.315 e. The van der Waals surface area contributed by atoms with Gasteiger partial charge in [0.1, 0.15) is 6.29 Å². The fourth-order valence-corrected chi connectivity index (χ4v) is 1.09. The molecular formula is C6H12N2O. The van der Waals surface area contributed by atoms with Crippen molar-refractivity contribution in [3.63, 3.8) is 0 Å². The van der Waals surface area contributed by atoms with Gasteiger partial charge in [-0.25, -0.2) is 0 Å². The minimum atomic E-state index is -0.101. The van der Waals surface area contributed by atoms with Crippen molar-refractivity contribution in [1.29, 1.82) is 0 Å². The van der Waals surface area contributed by atoms with E-state index in [-0.39, 0.29) is 12.1 Å². The van der Waals surface area contributed by atoms with E-state index in [4.69, 9.17) is 5.73 Å². The molecule has 3 nitrogen and oxygen atoms in total. The molecule has 0 bridgehead atoms. The fraction of sp³-hybridized carbons (Fsp3) is 0.833. The summed E-state index contributed by atoms with van der Waals surface area (Å²) in [5.74, 6) is 0.0405. The van der Waals surface area contributed by atoms with E-state index in [0.29, 0.717) is 0 Å². The van der Waals surface area contributed by atoms with Crippen LogP contribution in [0.1, 0.15) is 12.8 Å². The van der Waals surface area contributed by atoms with Crippen molar-refractivity contribution >= 4 is 6.29 Å². The van der Waals surface area contributed by atoms with E-state index < -0.39 is 0 Å². The van der Waals surface area contributed by atoms with E-state index in [9.17, 15) is 4.79 Å². The molecule has 1 aliphatic rings. The lowest BCUT2D eigenvalue weighted by atomic mass is 9.98. The zero-order valence-electron chi connectivity index (χ0n) is 5.34. The van der Waals surface area contributed by atoms with Gasteiger partial charge in [-0.2, -0.15) is 0 Å². The van der Waals surface area contributed by atoms with Crippen molar-refractivity contribution in [1.82, 2.24) is 5.32 Å². The van der Waals surface area contributed by atoms with Gasteiger partial charge >= 0.3 is 0 Å². The van der Waals surface area contributed by atoms with Crippen LogP contribution in [0.25, 0.3) is 0 Å². The average molecular weight is 128 g/mol. The van der Waals surface area contributed by atoms with Crippen LogP contribution in [-0.4, -0.2) is 19.0 Å². The Morgan fingerprint density at radius 2 is 2.44 bits per heavy atom. The van der Waals surface area contributed by atoms with Gasteiger partial charge in [0.05, 0.1) is 6.17 Å². The first-order chi connectivity index (χ1) is 4.34. The molecule has 0 saturated carbocycles. The number of carbonyl (C=O) groups is 1. The quantitative estimate of drug-likeness (QED) is 0.467. The Kier molecular flexibility index (Phi) is 2.19. The number of nitrogens with one attached hydrogen (secondary N) is 1. The molecule has 1 fully saturated rings. The summed E-state index contributed by atoms with van der Waals surface area (Å²) in [6.07, 6.45) is 2.85. The lowest BCUT2D eigenvalue weighted by Gasteiger charge is -2.24. The normalized spacial score (nSPS) is 36.1. The highest BCUT2D eigenvalue weighted by Crippen LogP contribution is 2.09. The van der Waals surface area contributed by atoms with Crippen LogP contribution in [0.15, 0.2) is 0 Å². The predicted molar refractivity (Wildman–Crippen MR) is 34.8 cm³/mol. The minimum absolute atomic E-state index is 0.0405. The lowest BCUT2D eigenvalue weighted by Crippen LogP contribution is -2.48. The van der Waals surface area contributed by atoms with Crippen LogP contribution in [0, 0.1) is 5.92 Å². The van der Waals surface area contributed by atoms with Crippen molar-refractivity contribution in [3.05, 3.63) is 0 Å². The maximum absolute atomic E-state index is 10.3. The number of aldehydes is 1. The molecule has 0 aromatic rings. The number of hydrogen-bond acceptors (Lipinski definition) is 3. The van der Waals surface area contributed by atoms with Crippen LogP contribution in [0.3, 0.4) is 0 Å². The fourth-order valence-electron chi connectivity index (χ4n) is 1.09. The SMILES string of the molecule is NC1NCCCC1C=O. The highest BCUT2D eigenvalue weighted by molar-refractivity contribution is 5.54. The van der Waals surface area contributed by atoms with E-state index in [1.54, 1.807) is 0 Å². The molecule has 0 radical (unpaired) electrons. The lowest BCUT2D eigenvalue weighted by molar-refractivity contribution is -0.112. The monoisotopic (exact) mass is 128 g/mol. The second-order valence-electron chi connectivity index (χ2n) is 2.42. The Morgan fingerprint density at radius 3 is 2.89 bits per heavy atom. The number of hydrogen-bond donors (Lipinski definition) is 2. The zero-order chi connectivity index (χ0) is 6.69. The Labute approximate surface area is 54.6 Å². The van der Waals surface area contributed by atoms with Gasteiger partial charge < -0.3 is 15.8 Å². The second-order valence-corrected chi connectivity index (χ2v) is 2.42. The van der Waals surface area contributed by atoms with Gasteiger partial charge in [-0.3, -0.25) is 0 Å². The third-order valence-electron chi connectivity index (χ3n) is 1.73. The van der Waals surface area contributed by atoms with Crippen LogP contribution in [0.5, 0.6) is 0 Å². The van der Waals surface area contributed by atoms with Gasteiger partial charge in [0.15, 0.2) is 0 Å². The van der Waals surface area contributed by atoms with Gasteiger partial charge in [-0.15, -0.1) is 0 Å². The smallest absolute Gasteiger partial charge is 0.125 e. The summed E-state index contributed by atoms with van der Waals surface area (Å²) in [4.78, 5) is 10.3. The van der Waals surface area contributed by atoms with E-state index in [1.807, 2.05) is 0 Å². The summed E-state index contributed by atoms with van der Waals surface area (Å²) in [5.41, 5.74) is 5.55. The molecule has 2 atom stereocenters. The van der Waals surface area contributed by atoms with Gasteiger partial charge in [0.25, 0.3) is 0 Å². The molecule has 1 rings (SSSR count). The van der Waals surface area contributed by atoms with E-state index >= 15 is 0 Å². The third-order valence-corrected chi connectivity index (χ3v) is 1.73. The van der Waals surface area contributed by atoms with E-state index in [2.05, 4.69) is 5.32 Å². The van der Waals surface area contributed by atoms with Crippen LogP contribution in [0.4, 0.5) is 0 Å². The highest BCUT2D eigenvalue weighted by Gasteiger charge is 2.19. The summed E-state index contributed by atoms with van der Waals surface area (Å²) in [7, 11) is 0. The number of carbonyl (C=O) groups excluding carboxylic acids is 1. The first kappa shape index (κ1) is 6.71. The standard InChI is InChI=1S/C6H12N2O/c7-6-5(4-9)2-1-3-8-6/h4-6,8H,1-3,7H2. The zero-order valence-corrected chi connectivity index (χ0v) is 5.34. The molecule has 3 heteroatoms. The van der Waals surface area contributed by atoms with Crippen LogP contribution >= 0.6 is 0 Å². The molecular weight excluding hydrogens is 116 g/mol. The second kappa shape index (κ2) is 2.94. The van der Waals surface area contributed by atoms with Crippen LogP contribution < -0.4 is 11.1 Å². The van der Waals surface area contributed by atoms with Crippen LogP contribution in [0.2, 0.25) is 0 Å². The molecule has 1 aliphatic heterocycles. The minimum Gasteiger partial charge on any atom is -0.315 e. The number of nitrogens with two attached hydrogens (primary N) is 1. The summed E-state index contributed by atoms with van der Waals surface area (Å²) in [5, 5.41) is 3.03. The van der Waals surface area contributed by atoms with Crippen molar-refractivity contribution in [2.75, 3.05) is 6.54 Å². The average Bonchev–Trinajstić information content (AvgIpc) is 1.89. The van der Waals surface area contributed by atoms with Gasteiger partial charge in [-0.1, -0.05) is 0 Å². The molecule has 3 N–H and O–H groups in total. The van der Waals surface area contributed by atoms with Gasteiger partial charge in [0, 0.05) is 5.92 Å². The molecule has 2 unspecified atom stereocenters. The maximum Gasteiger partial charge on any atom is 0.125 e. The maximum atomic E-state index is 10.3. The molecule has 0 amide bonds. The number of rotatable bonds is 1. The third kappa shape index (κ3) is 1.50. The van der Waals surface area contributed by atoms with Gasteiger partial charge in [0.2, 0.25) is 0 Å². The van der Waals surface area contributed by atoms with Crippen LogP contribution in [-0.2, 0) is 4.79 Å². The molecule has 0 aliphatic carbocycles. The molecule has 0 aromatic heterocycles. The van der Waals surface area contributed by atoms with Gasteiger partial charge in [-0.05, 0) is 19.4 Å². The highest BCUT2D eigenvalue weighted by atomic mass is 16.1. The topological polar surface area (TPSA) is 55.1 Å². The first-order valence-electron chi connectivity index (χ1n) is 3.29. The number of piperidine rings is 1. The summed E-state index contributed by atoms with van der Waals surface area (Å²) in [6.45, 7) is 0.950. The van der Waals surface area contributed by atoms with Crippen molar-refractivity contribution in [2.24, 2.45) is 11.7 Å². The molecule has 9 heavy (non-hydrogen) atoms. The van der Waals surface area contributed by atoms with E-state index in [0.717, 1.165) is 25.7 Å². The van der Waals surface area contributed by atoms with Crippen molar-refractivity contribution < 1.29 is 4.79 Å². The first-order valence-corrected chi connectivity index (χ1v) is 3.29. The molecule has 0 spiro atoms. The molecule has 1 heterocycles. The Bertz CT molecular complexity index is 105. The van der Waals surface area contributed by atoms with E-state index in [1.165, 1.54) is 0 Å². The summed E-state index contributed by atoms with van der Waals surface area (Å²) >= 11 is 0. The van der Waals surface area contributed by atoms with Crippen molar-refractivity contribution in [2.45, 2.75) is 19.0 Å². The molecule has 52 valence electrons. The predicted octanol–water partition coefficient (Wildman–Crippen LogP) is -0.530. The summed E-state index contributed by atoms with van der Waals surface area (Å²) < 4.78 is 0. The Morgan fingerprint density at radius 1 is 1.67 bits per heavy atom. The Hall–Kier alpha value is -0.410. The molecule has 0 aromatic carbocycles. The summed E-state index contributed by atoms with van der Waals surface area (Å²) in [6, 6.07) is 0.